The zero-order valence-electron chi connectivity index (χ0n) is 4.15. The molecule has 0 heterocycles. The Kier molecular flexibility index (Phi) is 1.71. The number of aliphatic hydroxyl groups is 1. The van der Waals surface area contributed by atoms with Gasteiger partial charge < -0.3 is 5.11 Å². The highest BCUT2D eigenvalue weighted by Crippen LogP contribution is 2.02. The van der Waals surface area contributed by atoms with Crippen molar-refractivity contribution in [3.8, 4) is 0 Å². The molecule has 0 spiro atoms. The van der Waals surface area contributed by atoms with E-state index in [1.807, 2.05) is 13.8 Å². The molecule has 0 atom stereocenters. The van der Waals surface area contributed by atoms with Crippen LogP contribution in [-0.2, 0) is 0 Å². The van der Waals surface area contributed by atoms with Crippen LogP contribution in [0.5, 0.6) is 0 Å². The Bertz CT molecular complexity index is 55.0. The molecule has 0 aliphatic carbocycles. The highest BCUT2D eigenvalue weighted by Gasteiger charge is 1.92. The second kappa shape index (κ2) is 1.85. The zero-order chi connectivity index (χ0) is 5.15. The molecule has 0 unspecified atom stereocenters. The predicted molar refractivity (Wildman–Crippen MR) is 26.4 cm³/mol. The maximum atomic E-state index is 8.40. The largest absolute Gasteiger partial charge is 0.512 e. The van der Waals surface area contributed by atoms with Crippen LogP contribution in [-0.4, -0.2) is 5.11 Å². The van der Waals surface area contributed by atoms with Gasteiger partial charge in [0.25, 0.3) is 0 Å². The topological polar surface area (TPSA) is 20.2 Å². The molecule has 35 valence electrons. The van der Waals surface area contributed by atoms with Gasteiger partial charge in [-0.3, -0.25) is 0 Å². The van der Waals surface area contributed by atoms with E-state index in [9.17, 15) is 0 Å². The summed E-state index contributed by atoms with van der Waals surface area (Å²) < 4.78 is 0. The van der Waals surface area contributed by atoms with Gasteiger partial charge in [-0.25, -0.2) is 0 Å². The van der Waals surface area contributed by atoms with Gasteiger partial charge in [0.2, 0.25) is 0 Å². The molecule has 0 aromatic rings. The first kappa shape index (κ1) is 5.54. The summed E-state index contributed by atoms with van der Waals surface area (Å²) in [6, 6.07) is 0. The van der Waals surface area contributed by atoms with E-state index in [2.05, 4.69) is 6.58 Å². The molecule has 0 rings (SSSR count). The van der Waals surface area contributed by atoms with Crippen molar-refractivity contribution in [3.63, 3.8) is 0 Å². The van der Waals surface area contributed by atoms with Crippen LogP contribution in [0.4, 0.5) is 0 Å². The van der Waals surface area contributed by atoms with Crippen molar-refractivity contribution in [2.24, 2.45) is 0 Å². The fourth-order valence-corrected chi connectivity index (χ4v) is 0. The lowest BCUT2D eigenvalue weighted by atomic mass is 10.2. The van der Waals surface area contributed by atoms with Gasteiger partial charge in [-0.15, -0.1) is 0 Å². The molecule has 0 bridgehead atoms. The Balaban J connectivity index is 3.26. The van der Waals surface area contributed by atoms with Gasteiger partial charge in [-0.2, -0.15) is 0 Å². The molecule has 0 saturated carbocycles. The van der Waals surface area contributed by atoms with Gasteiger partial charge >= 0.3 is 0 Å². The van der Waals surface area contributed by atoms with E-state index in [1.165, 1.54) is 0 Å². The van der Waals surface area contributed by atoms with Crippen LogP contribution >= 0.6 is 0 Å². The molecule has 1 N–H and O–H groups in total. The van der Waals surface area contributed by atoms with Crippen LogP contribution in [0, 0.1) is 5.92 Å². The van der Waals surface area contributed by atoms with Gasteiger partial charge in [0.15, 0.2) is 0 Å². The normalized spacial score (nSPS) is 9.17. The molecule has 0 aliphatic rings. The van der Waals surface area contributed by atoms with Crippen LogP contribution < -0.4 is 0 Å². The first-order chi connectivity index (χ1) is 2.64. The first-order valence-corrected chi connectivity index (χ1v) is 1.83. The van der Waals surface area contributed by atoms with E-state index in [-0.39, 0.29) is 5.76 Å². The van der Waals surface area contributed by atoms with E-state index >= 15 is 0 Å². The fraction of sp³-hybridized carbons (Fsp3) is 0.400. The Morgan fingerprint density at radius 2 is 1.67 bits per heavy atom. The summed E-state index contributed by atoms with van der Waals surface area (Å²) in [5.41, 5.74) is 0. The third-order valence-corrected chi connectivity index (χ3v) is 0.577. The van der Waals surface area contributed by atoms with Crippen molar-refractivity contribution in [1.82, 2.24) is 0 Å². The Morgan fingerprint density at radius 1 is 1.50 bits per heavy atom. The van der Waals surface area contributed by atoms with Gasteiger partial charge in [-0.1, -0.05) is 20.4 Å². The number of hydrogen-bond acceptors (Lipinski definition) is 1. The van der Waals surface area contributed by atoms with Crippen molar-refractivity contribution in [1.29, 1.82) is 0 Å². The Labute approximate surface area is 38.3 Å². The maximum Gasteiger partial charge on any atom is 0.0917 e. The summed E-state index contributed by atoms with van der Waals surface area (Å²) >= 11 is 0. The second-order valence-corrected chi connectivity index (χ2v) is 1.45. The average Bonchev–Trinajstić information content (AvgIpc) is 1.36. The van der Waals surface area contributed by atoms with E-state index in [4.69, 9.17) is 5.11 Å². The minimum absolute atomic E-state index is 0.176. The number of aliphatic hydroxyl groups excluding tert-OH is 1. The minimum Gasteiger partial charge on any atom is -0.512 e. The third-order valence-electron chi connectivity index (χ3n) is 0.577. The molecule has 0 aromatic carbocycles. The number of allylic oxidation sites excluding steroid dienone is 1. The molecular weight excluding hydrogens is 76.1 g/mol. The van der Waals surface area contributed by atoms with Gasteiger partial charge in [0.1, 0.15) is 0 Å². The molecule has 0 aliphatic heterocycles. The molecule has 6 heavy (non-hydrogen) atoms. The summed E-state index contributed by atoms with van der Waals surface area (Å²) in [6.45, 7) is 6.89. The monoisotopic (exact) mass is 85.1 g/mol. The summed E-state index contributed by atoms with van der Waals surface area (Å²) in [5.74, 6) is 1.05. The van der Waals surface area contributed by atoms with Crippen molar-refractivity contribution in [3.05, 3.63) is 18.3 Å². The highest BCUT2D eigenvalue weighted by molar-refractivity contribution is 5.05. The Morgan fingerprint density at radius 3 is 1.67 bits per heavy atom. The summed E-state index contributed by atoms with van der Waals surface area (Å²) in [5, 5.41) is 8.40. The lowest BCUT2D eigenvalue weighted by Gasteiger charge is -1.95. The lowest BCUT2D eigenvalue weighted by molar-refractivity contribution is 0.409. The predicted octanol–water partition coefficient (Wildman–Crippen LogP) is 1.67. The highest BCUT2D eigenvalue weighted by atomic mass is 16.3. The smallest absolute Gasteiger partial charge is 0.0917 e. The molecule has 0 amide bonds. The SMILES string of the molecule is C=C(O)[C](C)C. The van der Waals surface area contributed by atoms with Crippen LogP contribution in [0.1, 0.15) is 13.8 Å². The maximum absolute atomic E-state index is 8.40. The lowest BCUT2D eigenvalue weighted by Crippen LogP contribution is -1.84. The van der Waals surface area contributed by atoms with E-state index in [0.29, 0.717) is 0 Å². The summed E-state index contributed by atoms with van der Waals surface area (Å²) in [6.07, 6.45) is 0. The van der Waals surface area contributed by atoms with Crippen molar-refractivity contribution in [2.75, 3.05) is 0 Å². The average molecular weight is 85.1 g/mol. The van der Waals surface area contributed by atoms with Crippen molar-refractivity contribution in [2.45, 2.75) is 13.8 Å². The molecule has 0 saturated heterocycles. The standard InChI is InChI=1S/C5H9O/c1-4(2)5(3)6/h6H,3H2,1-2H3. The fourth-order valence-electron chi connectivity index (χ4n) is 0. The molecule has 1 radical (unpaired) electrons. The molecule has 1 nitrogen and oxygen atoms in total. The van der Waals surface area contributed by atoms with Gasteiger partial charge in [0, 0.05) is 5.92 Å². The van der Waals surface area contributed by atoms with Crippen LogP contribution in [0.25, 0.3) is 0 Å². The van der Waals surface area contributed by atoms with Gasteiger partial charge in [-0.05, 0) is 0 Å². The second-order valence-electron chi connectivity index (χ2n) is 1.45. The Hall–Kier alpha value is -0.460. The number of rotatable bonds is 1. The van der Waals surface area contributed by atoms with Crippen molar-refractivity contribution < 1.29 is 5.11 Å². The number of hydrogen-bond donors (Lipinski definition) is 1. The minimum atomic E-state index is 0.176. The van der Waals surface area contributed by atoms with Gasteiger partial charge in [0.05, 0.1) is 5.76 Å². The molecule has 1 heteroatoms. The first-order valence-electron chi connectivity index (χ1n) is 1.83. The van der Waals surface area contributed by atoms with Crippen molar-refractivity contribution >= 4 is 0 Å². The molecule has 0 fully saturated rings. The zero-order valence-corrected chi connectivity index (χ0v) is 4.15. The summed E-state index contributed by atoms with van der Waals surface area (Å²) in [7, 11) is 0. The van der Waals surface area contributed by atoms with Crippen LogP contribution in [0.2, 0.25) is 0 Å². The molecule has 0 aromatic heterocycles. The van der Waals surface area contributed by atoms with E-state index in [1.54, 1.807) is 0 Å². The van der Waals surface area contributed by atoms with Crippen LogP contribution in [0.3, 0.4) is 0 Å². The van der Waals surface area contributed by atoms with E-state index < -0.39 is 0 Å². The quantitative estimate of drug-likeness (QED) is 0.480. The van der Waals surface area contributed by atoms with E-state index in [0.717, 1.165) is 5.92 Å². The third kappa shape index (κ3) is 1.82. The molecular formula is C5H9O. The summed E-state index contributed by atoms with van der Waals surface area (Å²) in [4.78, 5) is 0. The van der Waals surface area contributed by atoms with Crippen LogP contribution in [0.15, 0.2) is 12.3 Å².